The van der Waals surface area contributed by atoms with Gasteiger partial charge in [0.2, 0.25) is 0 Å². The fourth-order valence-corrected chi connectivity index (χ4v) is 2.04. The third-order valence-corrected chi connectivity index (χ3v) is 3.00. The molecule has 3 rings (SSSR count). The van der Waals surface area contributed by atoms with Gasteiger partial charge in [-0.05, 0) is 23.3 Å². The molecule has 0 bridgehead atoms. The fourth-order valence-electron chi connectivity index (χ4n) is 1.83. The second kappa shape index (κ2) is 4.15. The van der Waals surface area contributed by atoms with Gasteiger partial charge in [-0.1, -0.05) is 48.0 Å². The number of nitrogens with zero attached hydrogens (tertiary/aromatic N) is 2. The van der Waals surface area contributed by atoms with Crippen LogP contribution in [0, 0.1) is 0 Å². The topological polar surface area (TPSA) is 25.8 Å². The maximum absolute atomic E-state index is 6.00. The average Bonchev–Trinajstić information content (AvgIpc) is 2.40. The Bertz CT molecular complexity index is 665. The largest absolute Gasteiger partial charge is 0.236 e. The van der Waals surface area contributed by atoms with E-state index in [4.69, 9.17) is 11.6 Å². The lowest BCUT2D eigenvalue weighted by Crippen LogP contribution is -1.85. The first kappa shape index (κ1) is 10.2. The van der Waals surface area contributed by atoms with Crippen molar-refractivity contribution in [3.05, 3.63) is 60.0 Å². The lowest BCUT2D eigenvalue weighted by molar-refractivity contribution is 1.22. The molecule has 17 heavy (non-hydrogen) atoms. The number of hydrogen-bond acceptors (Lipinski definition) is 2. The van der Waals surface area contributed by atoms with Gasteiger partial charge in [0.05, 0.1) is 5.52 Å². The van der Waals surface area contributed by atoms with Gasteiger partial charge >= 0.3 is 0 Å². The highest BCUT2D eigenvalue weighted by Crippen LogP contribution is 2.25. The highest BCUT2D eigenvalue weighted by Gasteiger charge is 2.03. The standard InChI is InChI=1S/C14H9ClN2/c15-14-12-7-6-11(8-13(12)16-9-17-14)10-4-2-1-3-5-10/h1-9H. The van der Waals surface area contributed by atoms with Crippen LogP contribution in [0.5, 0.6) is 0 Å². The summed E-state index contributed by atoms with van der Waals surface area (Å²) >= 11 is 6.00. The molecule has 1 heterocycles. The van der Waals surface area contributed by atoms with Crippen LogP contribution >= 0.6 is 11.6 Å². The molecule has 0 aliphatic heterocycles. The minimum Gasteiger partial charge on any atom is -0.236 e. The number of benzene rings is 2. The van der Waals surface area contributed by atoms with Crippen molar-refractivity contribution in [2.75, 3.05) is 0 Å². The van der Waals surface area contributed by atoms with E-state index in [1.165, 1.54) is 11.9 Å². The summed E-state index contributed by atoms with van der Waals surface area (Å²) in [5, 5.41) is 1.38. The van der Waals surface area contributed by atoms with Crippen molar-refractivity contribution in [2.45, 2.75) is 0 Å². The van der Waals surface area contributed by atoms with E-state index in [1.54, 1.807) is 0 Å². The Morgan fingerprint density at radius 3 is 2.47 bits per heavy atom. The van der Waals surface area contributed by atoms with Gasteiger partial charge in [-0.25, -0.2) is 9.97 Å². The molecular weight excluding hydrogens is 232 g/mol. The molecule has 2 nitrogen and oxygen atoms in total. The second-order valence-electron chi connectivity index (χ2n) is 3.76. The number of aromatic nitrogens is 2. The predicted octanol–water partition coefficient (Wildman–Crippen LogP) is 3.95. The van der Waals surface area contributed by atoms with Crippen LogP contribution in [-0.2, 0) is 0 Å². The van der Waals surface area contributed by atoms with Gasteiger partial charge in [-0.15, -0.1) is 0 Å². The highest BCUT2D eigenvalue weighted by molar-refractivity contribution is 6.34. The van der Waals surface area contributed by atoms with E-state index in [0.29, 0.717) is 5.15 Å². The quantitative estimate of drug-likeness (QED) is 0.602. The van der Waals surface area contributed by atoms with E-state index in [0.717, 1.165) is 16.5 Å². The van der Waals surface area contributed by atoms with Crippen molar-refractivity contribution in [3.8, 4) is 11.1 Å². The van der Waals surface area contributed by atoms with Gasteiger partial charge in [0.25, 0.3) is 0 Å². The highest BCUT2D eigenvalue weighted by atomic mass is 35.5. The first-order chi connectivity index (χ1) is 8.34. The zero-order chi connectivity index (χ0) is 11.7. The van der Waals surface area contributed by atoms with E-state index in [2.05, 4.69) is 22.1 Å². The Morgan fingerprint density at radius 2 is 1.65 bits per heavy atom. The molecule has 0 aliphatic carbocycles. The Hall–Kier alpha value is -1.93. The Labute approximate surface area is 104 Å². The minimum atomic E-state index is 0.495. The summed E-state index contributed by atoms with van der Waals surface area (Å²) in [6.45, 7) is 0. The van der Waals surface area contributed by atoms with Crippen LogP contribution < -0.4 is 0 Å². The monoisotopic (exact) mass is 240 g/mol. The smallest absolute Gasteiger partial charge is 0.140 e. The van der Waals surface area contributed by atoms with Gasteiger partial charge < -0.3 is 0 Å². The molecule has 0 atom stereocenters. The molecule has 0 radical (unpaired) electrons. The fraction of sp³-hybridized carbons (Fsp3) is 0. The molecule has 82 valence electrons. The molecule has 0 unspecified atom stereocenters. The van der Waals surface area contributed by atoms with E-state index in [1.807, 2.05) is 36.4 Å². The summed E-state index contributed by atoms with van der Waals surface area (Å²) in [7, 11) is 0. The van der Waals surface area contributed by atoms with Gasteiger partial charge in [0.15, 0.2) is 0 Å². The molecule has 2 aromatic carbocycles. The summed E-state index contributed by atoms with van der Waals surface area (Å²) < 4.78 is 0. The molecule has 0 fully saturated rings. The van der Waals surface area contributed by atoms with Gasteiger partial charge in [0.1, 0.15) is 11.5 Å². The summed E-state index contributed by atoms with van der Waals surface area (Å²) in [5.41, 5.74) is 3.17. The van der Waals surface area contributed by atoms with E-state index < -0.39 is 0 Å². The number of fused-ring (bicyclic) bond motifs is 1. The third-order valence-electron chi connectivity index (χ3n) is 2.70. The molecule has 1 aromatic heterocycles. The van der Waals surface area contributed by atoms with Crippen molar-refractivity contribution in [1.82, 2.24) is 9.97 Å². The van der Waals surface area contributed by atoms with E-state index >= 15 is 0 Å². The first-order valence-corrected chi connectivity index (χ1v) is 5.68. The van der Waals surface area contributed by atoms with Crippen molar-refractivity contribution in [3.63, 3.8) is 0 Å². The number of halogens is 1. The number of hydrogen-bond donors (Lipinski definition) is 0. The van der Waals surface area contributed by atoms with Gasteiger partial charge in [-0.2, -0.15) is 0 Å². The Morgan fingerprint density at radius 1 is 0.824 bits per heavy atom. The van der Waals surface area contributed by atoms with Crippen molar-refractivity contribution in [2.24, 2.45) is 0 Å². The maximum atomic E-state index is 6.00. The minimum absolute atomic E-state index is 0.495. The zero-order valence-electron chi connectivity index (χ0n) is 8.97. The Balaban J connectivity index is 2.21. The molecular formula is C14H9ClN2. The maximum Gasteiger partial charge on any atom is 0.140 e. The second-order valence-corrected chi connectivity index (χ2v) is 4.12. The van der Waals surface area contributed by atoms with Crippen LogP contribution in [0.2, 0.25) is 5.15 Å². The van der Waals surface area contributed by atoms with E-state index in [9.17, 15) is 0 Å². The van der Waals surface area contributed by atoms with Gasteiger partial charge in [0, 0.05) is 5.39 Å². The number of rotatable bonds is 1. The van der Waals surface area contributed by atoms with E-state index in [-0.39, 0.29) is 0 Å². The summed E-state index contributed by atoms with van der Waals surface area (Å²) in [6.07, 6.45) is 1.49. The lowest BCUT2D eigenvalue weighted by Gasteiger charge is -2.03. The van der Waals surface area contributed by atoms with Crippen molar-refractivity contribution in [1.29, 1.82) is 0 Å². The molecule has 0 saturated carbocycles. The van der Waals surface area contributed by atoms with Crippen LogP contribution in [0.4, 0.5) is 0 Å². The summed E-state index contributed by atoms with van der Waals surface area (Å²) in [4.78, 5) is 8.20. The average molecular weight is 241 g/mol. The summed E-state index contributed by atoms with van der Waals surface area (Å²) in [6, 6.07) is 16.2. The lowest BCUT2D eigenvalue weighted by atomic mass is 10.0. The third kappa shape index (κ3) is 1.87. The molecule has 0 N–H and O–H groups in total. The predicted molar refractivity (Wildman–Crippen MR) is 70.0 cm³/mol. The van der Waals surface area contributed by atoms with Crippen molar-refractivity contribution < 1.29 is 0 Å². The zero-order valence-corrected chi connectivity index (χ0v) is 9.72. The van der Waals surface area contributed by atoms with Gasteiger partial charge in [-0.3, -0.25) is 0 Å². The summed E-state index contributed by atoms with van der Waals surface area (Å²) in [5.74, 6) is 0. The molecule has 0 spiro atoms. The van der Waals surface area contributed by atoms with Crippen LogP contribution in [-0.4, -0.2) is 9.97 Å². The molecule has 0 aliphatic rings. The van der Waals surface area contributed by atoms with Crippen LogP contribution in [0.15, 0.2) is 54.9 Å². The van der Waals surface area contributed by atoms with Crippen LogP contribution in [0.1, 0.15) is 0 Å². The first-order valence-electron chi connectivity index (χ1n) is 5.30. The van der Waals surface area contributed by atoms with Crippen LogP contribution in [0.3, 0.4) is 0 Å². The normalized spacial score (nSPS) is 10.6. The molecule has 3 heteroatoms. The molecule has 3 aromatic rings. The van der Waals surface area contributed by atoms with Crippen molar-refractivity contribution >= 4 is 22.5 Å². The van der Waals surface area contributed by atoms with Crippen LogP contribution in [0.25, 0.3) is 22.0 Å². The SMILES string of the molecule is Clc1ncnc2cc(-c3ccccc3)ccc12. The Kier molecular flexibility index (Phi) is 2.50. The molecule has 0 saturated heterocycles. The molecule has 0 amide bonds.